The van der Waals surface area contributed by atoms with E-state index in [9.17, 15) is 5.11 Å². The molecule has 0 aromatic carbocycles. The summed E-state index contributed by atoms with van der Waals surface area (Å²) in [5.41, 5.74) is 3.85. The Morgan fingerprint density at radius 3 is 1.00 bits per heavy atom. The van der Waals surface area contributed by atoms with Gasteiger partial charge >= 0.3 is 39.0 Å². The van der Waals surface area contributed by atoms with Crippen molar-refractivity contribution in [2.24, 2.45) is 0 Å². The summed E-state index contributed by atoms with van der Waals surface area (Å²) in [6, 6.07) is 23.6. The van der Waals surface area contributed by atoms with Crippen LogP contribution >= 0.6 is 0 Å². The van der Waals surface area contributed by atoms with Crippen molar-refractivity contribution >= 4 is 0 Å². The van der Waals surface area contributed by atoms with Gasteiger partial charge in [0.15, 0.2) is 0 Å². The molecule has 4 rings (SSSR count). The van der Waals surface area contributed by atoms with Crippen LogP contribution in [-0.4, -0.2) is 54.0 Å². The van der Waals surface area contributed by atoms with Crippen molar-refractivity contribution in [2.75, 3.05) is 13.1 Å². The number of nitrogens with zero attached hydrogens (tertiary/aromatic N) is 6. The minimum absolute atomic E-state index is 0. The molecule has 0 atom stereocenters. The summed E-state index contributed by atoms with van der Waals surface area (Å²) < 4.78 is 0. The first-order valence-corrected chi connectivity index (χ1v) is 11.5. The summed E-state index contributed by atoms with van der Waals surface area (Å²) in [4.78, 5) is 22.3. The van der Waals surface area contributed by atoms with E-state index in [4.69, 9.17) is 0 Å². The molecule has 36 heavy (non-hydrogen) atoms. The second kappa shape index (κ2) is 16.5. The second-order valence-electron chi connectivity index (χ2n) is 8.28. The van der Waals surface area contributed by atoms with Crippen LogP contribution in [0, 0.1) is 0 Å². The van der Waals surface area contributed by atoms with Crippen LogP contribution < -0.4 is 0 Å². The summed E-state index contributed by atoms with van der Waals surface area (Å²) in [5.74, 6) is 0. The smallest absolute Gasteiger partial charge is 0.390 e. The molecule has 9 heteroatoms. The predicted molar refractivity (Wildman–Crippen MR) is 131 cm³/mol. The number of aliphatic hydroxyl groups excluding tert-OH is 1. The minimum Gasteiger partial charge on any atom is -0.390 e. The van der Waals surface area contributed by atoms with Gasteiger partial charge in [-0.25, -0.2) is 0 Å². The Morgan fingerprint density at radius 2 is 0.778 bits per heavy atom. The van der Waals surface area contributed by atoms with Gasteiger partial charge in [0.05, 0.1) is 28.9 Å². The summed E-state index contributed by atoms with van der Waals surface area (Å²) in [6.07, 6.45) is 6.62. The van der Waals surface area contributed by atoms with Gasteiger partial charge in [-0.2, -0.15) is 0 Å². The first-order chi connectivity index (χ1) is 16.7. The van der Waals surface area contributed by atoms with Crippen molar-refractivity contribution in [3.63, 3.8) is 0 Å². The Bertz CT molecular complexity index is 922. The number of hydrogen-bond acceptors (Lipinski definition) is 7. The Morgan fingerprint density at radius 1 is 0.500 bits per heavy atom. The van der Waals surface area contributed by atoms with Crippen LogP contribution in [0.25, 0.3) is 0 Å². The van der Waals surface area contributed by atoms with Gasteiger partial charge in [-0.05, 0) is 48.5 Å². The van der Waals surface area contributed by atoms with E-state index < -0.39 is 6.10 Å². The fourth-order valence-corrected chi connectivity index (χ4v) is 3.91. The predicted octanol–water partition coefficient (Wildman–Crippen LogP) is 3.33. The zero-order valence-electron chi connectivity index (χ0n) is 20.6. The van der Waals surface area contributed by atoms with E-state index in [1.54, 1.807) is 24.8 Å². The van der Waals surface area contributed by atoms with Crippen LogP contribution in [0.2, 0.25) is 0 Å². The molecule has 0 radical (unpaired) electrons. The molecule has 4 aromatic rings. The van der Waals surface area contributed by atoms with Crippen LogP contribution in [0.5, 0.6) is 0 Å². The van der Waals surface area contributed by atoms with E-state index in [1.165, 1.54) is 0 Å². The molecule has 4 aromatic heterocycles. The summed E-state index contributed by atoms with van der Waals surface area (Å²) in [7, 11) is 0. The van der Waals surface area contributed by atoms with Crippen LogP contribution in [0.15, 0.2) is 97.6 Å². The molecule has 4 heterocycles. The maximum Gasteiger partial charge on any atom is 2.00 e. The largest absolute Gasteiger partial charge is 2.00 e. The normalized spacial score (nSPS) is 10.8. The van der Waals surface area contributed by atoms with Crippen molar-refractivity contribution in [2.45, 2.75) is 32.3 Å². The van der Waals surface area contributed by atoms with Crippen molar-refractivity contribution < 1.29 is 44.1 Å². The Hall–Kier alpha value is -2.27. The Balaban J connectivity index is 0.00000228. The van der Waals surface area contributed by atoms with E-state index in [1.807, 2.05) is 72.8 Å². The molecular formula is C27H30N6OZn2+4. The number of pyridine rings is 4. The molecule has 0 aliphatic rings. The van der Waals surface area contributed by atoms with Crippen LogP contribution in [0.3, 0.4) is 0 Å². The van der Waals surface area contributed by atoms with Gasteiger partial charge in [0.1, 0.15) is 0 Å². The van der Waals surface area contributed by atoms with Gasteiger partial charge in [-0.15, -0.1) is 0 Å². The standard InChI is InChI=1S/C27H30N6O.2Zn/c34-27(21-32(17-23-9-1-5-13-28-23)18-24-10-2-6-14-29-24)22-33(19-25-11-3-7-15-30-25)20-26-12-4-8-16-31-26;;/h1-16,27,34H,17-22H2;;/q;2*+2. The van der Waals surface area contributed by atoms with Crippen molar-refractivity contribution in [1.29, 1.82) is 0 Å². The molecule has 0 bridgehead atoms. The third-order valence-electron chi connectivity index (χ3n) is 5.38. The average Bonchev–Trinajstić information content (AvgIpc) is 2.86. The van der Waals surface area contributed by atoms with Gasteiger partial charge in [0.25, 0.3) is 0 Å². The Kier molecular flexibility index (Phi) is 13.7. The van der Waals surface area contributed by atoms with Crippen molar-refractivity contribution in [3.8, 4) is 0 Å². The zero-order valence-corrected chi connectivity index (χ0v) is 26.5. The molecule has 0 saturated heterocycles. The number of aliphatic hydroxyl groups is 1. The molecule has 1 N–H and O–H groups in total. The third kappa shape index (κ3) is 10.4. The number of aromatic nitrogens is 4. The van der Waals surface area contributed by atoms with Gasteiger partial charge in [-0.1, -0.05) is 24.3 Å². The second-order valence-corrected chi connectivity index (χ2v) is 8.28. The van der Waals surface area contributed by atoms with Crippen molar-refractivity contribution in [3.05, 3.63) is 120 Å². The van der Waals surface area contributed by atoms with E-state index in [0.29, 0.717) is 39.3 Å². The fourth-order valence-electron chi connectivity index (χ4n) is 3.91. The summed E-state index contributed by atoms with van der Waals surface area (Å²) >= 11 is 0. The zero-order chi connectivity index (χ0) is 23.4. The molecule has 0 amide bonds. The number of rotatable bonds is 12. The quantitative estimate of drug-likeness (QED) is 0.256. The van der Waals surface area contributed by atoms with Gasteiger partial charge in [0.2, 0.25) is 0 Å². The Labute approximate surface area is 238 Å². The molecule has 174 valence electrons. The van der Waals surface area contributed by atoms with Crippen LogP contribution in [0.1, 0.15) is 22.8 Å². The summed E-state index contributed by atoms with van der Waals surface area (Å²) in [6.45, 7) is 3.52. The van der Waals surface area contributed by atoms with E-state index >= 15 is 0 Å². The SMILES string of the molecule is OC(CN(Cc1ccccn1)Cc1ccccn1)CN(Cc1ccccn1)Cc1ccccn1.[Zn+2].[Zn+2]. The molecule has 0 saturated carbocycles. The molecular weight excluding hydrogens is 555 g/mol. The van der Waals surface area contributed by atoms with Crippen LogP contribution in [0.4, 0.5) is 0 Å². The molecule has 0 fully saturated rings. The first kappa shape index (κ1) is 30.0. The molecule has 0 aliphatic heterocycles. The summed E-state index contributed by atoms with van der Waals surface area (Å²) in [5, 5.41) is 11.1. The maximum atomic E-state index is 11.1. The molecule has 7 nitrogen and oxygen atoms in total. The number of hydrogen-bond donors (Lipinski definition) is 1. The minimum atomic E-state index is -0.570. The van der Waals surface area contributed by atoms with Gasteiger partial charge in [-0.3, -0.25) is 29.7 Å². The van der Waals surface area contributed by atoms with Gasteiger partial charge < -0.3 is 5.11 Å². The van der Waals surface area contributed by atoms with Gasteiger partial charge in [0, 0.05) is 64.1 Å². The fraction of sp³-hybridized carbons (Fsp3) is 0.259. The van der Waals surface area contributed by atoms with Crippen LogP contribution in [-0.2, 0) is 65.1 Å². The first-order valence-electron chi connectivity index (χ1n) is 11.5. The third-order valence-corrected chi connectivity index (χ3v) is 5.38. The molecule has 0 aliphatic carbocycles. The van der Waals surface area contributed by atoms with Crippen molar-refractivity contribution in [1.82, 2.24) is 29.7 Å². The monoisotopic (exact) mass is 582 g/mol. The van der Waals surface area contributed by atoms with E-state index in [2.05, 4.69) is 29.7 Å². The molecule has 0 unspecified atom stereocenters. The topological polar surface area (TPSA) is 78.3 Å². The average molecular weight is 585 g/mol. The van der Waals surface area contributed by atoms with E-state index in [0.717, 1.165) is 22.8 Å². The maximum absolute atomic E-state index is 11.1. The van der Waals surface area contributed by atoms with E-state index in [-0.39, 0.29) is 39.0 Å². The molecule has 0 spiro atoms.